The van der Waals surface area contributed by atoms with Crippen molar-refractivity contribution in [1.29, 1.82) is 0 Å². The maximum absolute atomic E-state index is 12.7. The second kappa shape index (κ2) is 9.02. The molecule has 154 valence electrons. The van der Waals surface area contributed by atoms with Gasteiger partial charge in [-0.25, -0.2) is 4.98 Å². The Morgan fingerprint density at radius 1 is 1.33 bits per heavy atom. The van der Waals surface area contributed by atoms with Crippen LogP contribution in [0.25, 0.3) is 22.1 Å². The predicted octanol–water partition coefficient (Wildman–Crippen LogP) is 3.39. The number of furan rings is 1. The fourth-order valence-electron chi connectivity index (χ4n) is 3.13. The summed E-state index contributed by atoms with van der Waals surface area (Å²) in [6, 6.07) is 5.63. The number of aromatic nitrogens is 4. The quantitative estimate of drug-likeness (QED) is 0.437. The first-order chi connectivity index (χ1) is 14.7. The van der Waals surface area contributed by atoms with E-state index in [0.717, 1.165) is 27.8 Å². The summed E-state index contributed by atoms with van der Waals surface area (Å²) in [5.41, 5.74) is 3.76. The van der Waals surface area contributed by atoms with Crippen LogP contribution >= 0.6 is 11.3 Å². The van der Waals surface area contributed by atoms with Crippen LogP contribution in [0.4, 0.5) is 0 Å². The summed E-state index contributed by atoms with van der Waals surface area (Å²) in [6.07, 6.45) is 6.60. The van der Waals surface area contributed by atoms with Gasteiger partial charge < -0.3 is 19.0 Å². The third-order valence-electron chi connectivity index (χ3n) is 4.65. The average Bonchev–Trinajstić information content (AvgIpc) is 3.51. The van der Waals surface area contributed by atoms with Crippen molar-refractivity contribution in [3.05, 3.63) is 65.5 Å². The van der Waals surface area contributed by atoms with Gasteiger partial charge in [0.1, 0.15) is 16.5 Å². The van der Waals surface area contributed by atoms with Crippen molar-refractivity contribution < 1.29 is 13.9 Å². The van der Waals surface area contributed by atoms with Crippen LogP contribution in [0.5, 0.6) is 0 Å². The molecule has 0 unspecified atom stereocenters. The number of ether oxygens (including phenoxy) is 1. The molecule has 0 bridgehead atoms. The Hall–Kier alpha value is -3.30. The number of methoxy groups -OCH3 is 1. The Labute approximate surface area is 177 Å². The summed E-state index contributed by atoms with van der Waals surface area (Å²) in [6.45, 7) is 3.32. The molecule has 0 aromatic carbocycles. The number of nitrogens with zero attached hydrogens (tertiary/aromatic N) is 4. The Morgan fingerprint density at radius 3 is 2.97 bits per heavy atom. The lowest BCUT2D eigenvalue weighted by Crippen LogP contribution is -2.27. The van der Waals surface area contributed by atoms with Gasteiger partial charge >= 0.3 is 0 Å². The number of amides is 1. The first-order valence-corrected chi connectivity index (χ1v) is 10.3. The number of nitrogens with one attached hydrogen (secondary N) is 1. The van der Waals surface area contributed by atoms with Gasteiger partial charge in [0.2, 0.25) is 0 Å². The molecule has 9 heteroatoms. The van der Waals surface area contributed by atoms with E-state index in [4.69, 9.17) is 14.1 Å². The number of thiazole rings is 1. The highest BCUT2D eigenvalue weighted by atomic mass is 32.1. The van der Waals surface area contributed by atoms with Crippen molar-refractivity contribution in [1.82, 2.24) is 24.8 Å². The number of hydrogen-bond donors (Lipinski definition) is 1. The molecule has 0 radical (unpaired) electrons. The standard InChI is InChI=1S/C21H21N5O3S/c1-14-16(20(27)24-7-9-28-2)10-19(26(14)12-15-4-3-8-29-15)18-13-30-21(25-18)17-11-22-5-6-23-17/h3-6,8,10-11,13H,7,9,12H2,1-2H3,(H,24,27). The molecule has 8 nitrogen and oxygen atoms in total. The van der Waals surface area contributed by atoms with Crippen LogP contribution in [0.15, 0.2) is 52.9 Å². The molecule has 4 aromatic rings. The zero-order valence-corrected chi connectivity index (χ0v) is 17.5. The lowest BCUT2D eigenvalue weighted by atomic mass is 10.2. The fraction of sp³-hybridized carbons (Fsp3) is 0.238. The molecule has 0 atom stereocenters. The second-order valence-electron chi connectivity index (χ2n) is 6.57. The minimum atomic E-state index is -0.145. The van der Waals surface area contributed by atoms with Gasteiger partial charge in [-0.15, -0.1) is 11.3 Å². The Kier molecular flexibility index (Phi) is 6.01. The second-order valence-corrected chi connectivity index (χ2v) is 7.43. The van der Waals surface area contributed by atoms with Gasteiger partial charge in [-0.1, -0.05) is 0 Å². The van der Waals surface area contributed by atoms with E-state index in [2.05, 4.69) is 15.3 Å². The van der Waals surface area contributed by atoms with Crippen molar-refractivity contribution in [3.8, 4) is 22.1 Å². The van der Waals surface area contributed by atoms with Crippen LogP contribution in [-0.2, 0) is 11.3 Å². The van der Waals surface area contributed by atoms with Gasteiger partial charge in [0.05, 0.1) is 42.6 Å². The summed E-state index contributed by atoms with van der Waals surface area (Å²) < 4.78 is 12.6. The first kappa shape index (κ1) is 20.0. The highest BCUT2D eigenvalue weighted by Gasteiger charge is 2.21. The minimum absolute atomic E-state index is 0.145. The molecule has 30 heavy (non-hydrogen) atoms. The van der Waals surface area contributed by atoms with Crippen molar-refractivity contribution >= 4 is 17.2 Å². The van der Waals surface area contributed by atoms with Gasteiger partial charge in [0.15, 0.2) is 0 Å². The summed E-state index contributed by atoms with van der Waals surface area (Å²) in [4.78, 5) is 25.9. The monoisotopic (exact) mass is 423 g/mol. The number of rotatable bonds is 8. The maximum Gasteiger partial charge on any atom is 0.253 e. The van der Waals surface area contributed by atoms with E-state index in [-0.39, 0.29) is 5.91 Å². The molecule has 4 aromatic heterocycles. The van der Waals surface area contributed by atoms with Crippen LogP contribution in [0.3, 0.4) is 0 Å². The van der Waals surface area contributed by atoms with Gasteiger partial charge in [-0.05, 0) is 25.1 Å². The Morgan fingerprint density at radius 2 is 2.23 bits per heavy atom. The Balaban J connectivity index is 1.71. The van der Waals surface area contributed by atoms with Crippen molar-refractivity contribution in [2.75, 3.05) is 20.3 Å². The highest BCUT2D eigenvalue weighted by Crippen LogP contribution is 2.31. The van der Waals surface area contributed by atoms with E-state index in [1.165, 1.54) is 11.3 Å². The van der Waals surface area contributed by atoms with Gasteiger partial charge in [-0.3, -0.25) is 14.8 Å². The van der Waals surface area contributed by atoms with Crippen LogP contribution in [0.1, 0.15) is 21.8 Å². The van der Waals surface area contributed by atoms with Crippen LogP contribution in [0.2, 0.25) is 0 Å². The third kappa shape index (κ3) is 4.17. The van der Waals surface area contributed by atoms with E-state index in [1.807, 2.05) is 35.1 Å². The fourth-order valence-corrected chi connectivity index (χ4v) is 3.90. The maximum atomic E-state index is 12.7. The minimum Gasteiger partial charge on any atom is -0.467 e. The van der Waals surface area contributed by atoms with E-state index < -0.39 is 0 Å². The molecule has 0 aliphatic carbocycles. The largest absolute Gasteiger partial charge is 0.467 e. The summed E-state index contributed by atoms with van der Waals surface area (Å²) >= 11 is 1.49. The third-order valence-corrected chi connectivity index (χ3v) is 5.51. The summed E-state index contributed by atoms with van der Waals surface area (Å²) in [5, 5.41) is 5.62. The molecular weight excluding hydrogens is 402 g/mol. The smallest absolute Gasteiger partial charge is 0.253 e. The zero-order valence-electron chi connectivity index (χ0n) is 16.7. The van der Waals surface area contributed by atoms with Crippen molar-refractivity contribution in [2.45, 2.75) is 13.5 Å². The predicted molar refractivity (Wildman–Crippen MR) is 113 cm³/mol. The number of hydrogen-bond acceptors (Lipinski definition) is 7. The normalized spacial score (nSPS) is 11.0. The average molecular weight is 423 g/mol. The molecule has 0 saturated carbocycles. The highest BCUT2D eigenvalue weighted by molar-refractivity contribution is 7.13. The van der Waals surface area contributed by atoms with Crippen LogP contribution < -0.4 is 5.32 Å². The molecule has 1 N–H and O–H groups in total. The topological polar surface area (TPSA) is 95.1 Å². The molecule has 0 aliphatic heterocycles. The van der Waals surface area contributed by atoms with Gasteiger partial charge in [-0.2, -0.15) is 0 Å². The Bertz CT molecular complexity index is 1120. The zero-order chi connectivity index (χ0) is 20.9. The van der Waals surface area contributed by atoms with Gasteiger partial charge in [0.25, 0.3) is 5.91 Å². The van der Waals surface area contributed by atoms with Crippen molar-refractivity contribution in [3.63, 3.8) is 0 Å². The van der Waals surface area contributed by atoms with Crippen LogP contribution in [0, 0.1) is 6.92 Å². The van der Waals surface area contributed by atoms with E-state index >= 15 is 0 Å². The van der Waals surface area contributed by atoms with E-state index in [1.54, 1.807) is 32.0 Å². The summed E-state index contributed by atoms with van der Waals surface area (Å²) in [7, 11) is 1.60. The first-order valence-electron chi connectivity index (χ1n) is 9.39. The van der Waals surface area contributed by atoms with Crippen LogP contribution in [-0.4, -0.2) is 45.7 Å². The molecule has 4 heterocycles. The molecule has 4 rings (SSSR count). The van der Waals surface area contributed by atoms with Gasteiger partial charge in [0, 0.05) is 37.1 Å². The van der Waals surface area contributed by atoms with E-state index in [0.29, 0.717) is 31.0 Å². The summed E-state index contributed by atoms with van der Waals surface area (Å²) in [5.74, 6) is 0.652. The molecule has 0 saturated heterocycles. The lowest BCUT2D eigenvalue weighted by molar-refractivity contribution is 0.0936. The lowest BCUT2D eigenvalue weighted by Gasteiger charge is -2.09. The molecule has 0 aliphatic rings. The molecule has 1 amide bonds. The molecule has 0 spiro atoms. The molecule has 0 fully saturated rings. The van der Waals surface area contributed by atoms with E-state index in [9.17, 15) is 4.79 Å². The SMILES string of the molecule is COCCNC(=O)c1cc(-c2csc(-c3cnccn3)n2)n(Cc2ccco2)c1C. The van der Waals surface area contributed by atoms with Crippen molar-refractivity contribution in [2.24, 2.45) is 0 Å². The molecular formula is C21H21N5O3S. The number of carbonyl (C=O) groups is 1. The number of carbonyl (C=O) groups excluding carboxylic acids is 1.